The van der Waals surface area contributed by atoms with Gasteiger partial charge in [0.1, 0.15) is 17.3 Å². The van der Waals surface area contributed by atoms with E-state index in [-0.39, 0.29) is 5.78 Å². The number of ether oxygens (including phenoxy) is 1. The highest BCUT2D eigenvalue weighted by Crippen LogP contribution is 2.23. The average Bonchev–Trinajstić information content (AvgIpc) is 2.91. The molecule has 0 radical (unpaired) electrons. The minimum Gasteiger partial charge on any atom is -0.497 e. The third-order valence-electron chi connectivity index (χ3n) is 3.63. The van der Waals surface area contributed by atoms with Gasteiger partial charge in [0.15, 0.2) is 0 Å². The maximum absolute atomic E-state index is 12.9. The second-order valence-electron chi connectivity index (χ2n) is 4.96. The van der Waals surface area contributed by atoms with Gasteiger partial charge in [0.25, 0.3) is 0 Å². The Morgan fingerprint density at radius 1 is 1.32 bits per heavy atom. The quantitative estimate of drug-likeness (QED) is 0.642. The van der Waals surface area contributed by atoms with Crippen molar-refractivity contribution >= 4 is 23.8 Å². The van der Waals surface area contributed by atoms with E-state index in [0.29, 0.717) is 24.2 Å². The van der Waals surface area contributed by atoms with Gasteiger partial charge in [-0.2, -0.15) is 0 Å². The fraction of sp³-hybridized carbons (Fsp3) is 0.250. The molecule has 5 nitrogen and oxygen atoms in total. The number of imidazole rings is 1. The molecule has 0 N–H and O–H groups in total. The molecule has 0 spiro atoms. The van der Waals surface area contributed by atoms with Crippen LogP contribution in [0.15, 0.2) is 30.5 Å². The fourth-order valence-electron chi connectivity index (χ4n) is 2.50. The largest absolute Gasteiger partial charge is 0.497 e. The summed E-state index contributed by atoms with van der Waals surface area (Å²) >= 11 is 5.97. The van der Waals surface area contributed by atoms with E-state index >= 15 is 0 Å². The SMILES string of the molecule is CCc1nc2n(c1C(=O)c1ccc(OC)cc1)C=CN(Cl)C2. The molecule has 1 aromatic carbocycles. The molecule has 114 valence electrons. The summed E-state index contributed by atoms with van der Waals surface area (Å²) in [6.45, 7) is 2.46. The normalized spacial score (nSPS) is 13.1. The van der Waals surface area contributed by atoms with Crippen LogP contribution in [0.25, 0.3) is 6.20 Å². The van der Waals surface area contributed by atoms with Crippen LogP contribution in [0.2, 0.25) is 0 Å². The van der Waals surface area contributed by atoms with E-state index in [1.165, 1.54) is 4.42 Å². The highest BCUT2D eigenvalue weighted by molar-refractivity contribution is 6.14. The summed E-state index contributed by atoms with van der Waals surface area (Å²) in [6.07, 6.45) is 4.18. The third kappa shape index (κ3) is 2.48. The zero-order valence-electron chi connectivity index (χ0n) is 12.4. The van der Waals surface area contributed by atoms with E-state index in [4.69, 9.17) is 16.5 Å². The molecule has 0 saturated heterocycles. The summed E-state index contributed by atoms with van der Waals surface area (Å²) in [5.41, 5.74) is 2.00. The highest BCUT2D eigenvalue weighted by Gasteiger charge is 2.24. The minimum absolute atomic E-state index is 0.0501. The minimum atomic E-state index is -0.0501. The first-order valence-electron chi connectivity index (χ1n) is 7.03. The number of halogens is 1. The summed E-state index contributed by atoms with van der Waals surface area (Å²) in [4.78, 5) is 17.4. The lowest BCUT2D eigenvalue weighted by Crippen LogP contribution is -2.17. The Bertz CT molecular complexity index is 735. The van der Waals surface area contributed by atoms with Crippen molar-refractivity contribution in [1.29, 1.82) is 0 Å². The number of aryl methyl sites for hydroxylation is 1. The van der Waals surface area contributed by atoms with Crippen molar-refractivity contribution < 1.29 is 9.53 Å². The van der Waals surface area contributed by atoms with Crippen molar-refractivity contribution in [3.63, 3.8) is 0 Å². The number of benzene rings is 1. The number of rotatable bonds is 4. The van der Waals surface area contributed by atoms with Gasteiger partial charge in [-0.05, 0) is 30.7 Å². The Kier molecular flexibility index (Phi) is 3.90. The predicted octanol–water partition coefficient (Wildman–Crippen LogP) is 3.08. The van der Waals surface area contributed by atoms with E-state index in [0.717, 1.165) is 17.3 Å². The molecule has 2 aromatic rings. The molecule has 0 amide bonds. The van der Waals surface area contributed by atoms with Gasteiger partial charge in [-0.15, -0.1) is 0 Å². The van der Waals surface area contributed by atoms with Crippen LogP contribution in [-0.2, 0) is 13.0 Å². The predicted molar refractivity (Wildman–Crippen MR) is 84.8 cm³/mol. The summed E-state index contributed by atoms with van der Waals surface area (Å²) < 4.78 is 8.47. The fourth-order valence-corrected chi connectivity index (χ4v) is 2.65. The van der Waals surface area contributed by atoms with Gasteiger partial charge in [-0.25, -0.2) is 4.98 Å². The van der Waals surface area contributed by atoms with Crippen LogP contribution in [-0.4, -0.2) is 26.9 Å². The lowest BCUT2D eigenvalue weighted by Gasteiger charge is -2.16. The molecule has 0 saturated carbocycles. The van der Waals surface area contributed by atoms with Crippen molar-refractivity contribution in [3.05, 3.63) is 53.2 Å². The summed E-state index contributed by atoms with van der Waals surface area (Å²) in [5.74, 6) is 1.44. The summed E-state index contributed by atoms with van der Waals surface area (Å²) in [7, 11) is 1.60. The molecule has 0 aliphatic carbocycles. The first-order chi connectivity index (χ1) is 10.6. The molecule has 1 aromatic heterocycles. The average molecular weight is 318 g/mol. The van der Waals surface area contributed by atoms with Crippen LogP contribution in [0.5, 0.6) is 5.75 Å². The number of carbonyl (C=O) groups is 1. The highest BCUT2D eigenvalue weighted by atomic mass is 35.5. The van der Waals surface area contributed by atoms with Crippen LogP contribution in [0.4, 0.5) is 0 Å². The number of fused-ring (bicyclic) bond motifs is 1. The molecule has 0 atom stereocenters. The second-order valence-corrected chi connectivity index (χ2v) is 5.39. The first kappa shape index (κ1) is 14.7. The van der Waals surface area contributed by atoms with Crippen LogP contribution in [0.3, 0.4) is 0 Å². The van der Waals surface area contributed by atoms with E-state index in [1.807, 2.05) is 11.5 Å². The van der Waals surface area contributed by atoms with Gasteiger partial charge in [-0.3, -0.25) is 13.8 Å². The van der Waals surface area contributed by atoms with Gasteiger partial charge in [0, 0.05) is 29.7 Å². The Labute approximate surface area is 133 Å². The molecule has 0 fully saturated rings. The molecule has 3 rings (SSSR count). The van der Waals surface area contributed by atoms with Gasteiger partial charge < -0.3 is 4.74 Å². The number of aromatic nitrogens is 2. The zero-order chi connectivity index (χ0) is 15.7. The second kappa shape index (κ2) is 5.85. The van der Waals surface area contributed by atoms with Crippen LogP contribution in [0.1, 0.15) is 34.5 Å². The maximum Gasteiger partial charge on any atom is 0.211 e. The Morgan fingerprint density at radius 2 is 2.05 bits per heavy atom. The summed E-state index contributed by atoms with van der Waals surface area (Å²) in [5, 5.41) is 0. The molecule has 0 unspecified atom stereocenters. The third-order valence-corrected chi connectivity index (χ3v) is 3.86. The van der Waals surface area contributed by atoms with Crippen molar-refractivity contribution in [2.45, 2.75) is 19.9 Å². The van der Waals surface area contributed by atoms with Crippen LogP contribution >= 0.6 is 11.8 Å². The molecular weight excluding hydrogens is 302 g/mol. The Hall–Kier alpha value is -2.27. The van der Waals surface area contributed by atoms with Crippen molar-refractivity contribution in [1.82, 2.24) is 14.0 Å². The smallest absolute Gasteiger partial charge is 0.211 e. The van der Waals surface area contributed by atoms with Gasteiger partial charge in [-0.1, -0.05) is 6.92 Å². The number of hydrogen-bond acceptors (Lipinski definition) is 4. The van der Waals surface area contributed by atoms with Crippen molar-refractivity contribution in [2.75, 3.05) is 7.11 Å². The first-order valence-corrected chi connectivity index (χ1v) is 7.37. The zero-order valence-corrected chi connectivity index (χ0v) is 13.2. The Morgan fingerprint density at radius 3 is 2.68 bits per heavy atom. The molecule has 2 heterocycles. The maximum atomic E-state index is 12.9. The van der Waals surface area contributed by atoms with E-state index in [2.05, 4.69) is 4.98 Å². The Balaban J connectivity index is 2.04. The molecular formula is C16H16ClN3O2. The van der Waals surface area contributed by atoms with E-state index in [1.54, 1.807) is 43.8 Å². The molecule has 22 heavy (non-hydrogen) atoms. The summed E-state index contributed by atoms with van der Waals surface area (Å²) in [6, 6.07) is 7.09. The lowest BCUT2D eigenvalue weighted by atomic mass is 10.1. The number of methoxy groups -OCH3 is 1. The van der Waals surface area contributed by atoms with Gasteiger partial charge in [0.2, 0.25) is 5.78 Å². The topological polar surface area (TPSA) is 47.4 Å². The standard InChI is InChI=1S/C16H16ClN3O2/c1-3-13-15(20-9-8-19(17)10-14(20)18-13)16(21)11-4-6-12(22-2)7-5-11/h4-9H,3,10H2,1-2H3. The molecule has 1 aliphatic rings. The van der Waals surface area contributed by atoms with E-state index in [9.17, 15) is 4.79 Å². The number of carbonyl (C=O) groups excluding carboxylic acids is 1. The van der Waals surface area contributed by atoms with Gasteiger partial charge >= 0.3 is 0 Å². The molecule has 1 aliphatic heterocycles. The molecule has 0 bridgehead atoms. The van der Waals surface area contributed by atoms with Crippen molar-refractivity contribution in [2.24, 2.45) is 0 Å². The number of nitrogens with zero attached hydrogens (tertiary/aromatic N) is 3. The van der Waals surface area contributed by atoms with Crippen LogP contribution < -0.4 is 4.74 Å². The number of hydrogen-bond donors (Lipinski definition) is 0. The van der Waals surface area contributed by atoms with Crippen LogP contribution in [0, 0.1) is 0 Å². The lowest BCUT2D eigenvalue weighted by molar-refractivity contribution is 0.103. The number of ketones is 1. The molecule has 6 heteroatoms. The monoisotopic (exact) mass is 317 g/mol. The van der Waals surface area contributed by atoms with Gasteiger partial charge in [0.05, 0.1) is 19.3 Å². The van der Waals surface area contributed by atoms with E-state index < -0.39 is 0 Å². The van der Waals surface area contributed by atoms with Crippen molar-refractivity contribution in [3.8, 4) is 5.75 Å².